The van der Waals surface area contributed by atoms with E-state index in [-0.39, 0.29) is 0 Å². The minimum Gasteiger partial charge on any atom is -0.455 e. The van der Waals surface area contributed by atoms with Crippen molar-refractivity contribution in [2.45, 2.75) is 0 Å². The first-order valence-corrected chi connectivity index (χ1v) is 23.0. The summed E-state index contributed by atoms with van der Waals surface area (Å²) in [4.78, 5) is 2.48. The maximum absolute atomic E-state index is 6.62. The number of benzene rings is 11. The van der Waals surface area contributed by atoms with Crippen molar-refractivity contribution >= 4 is 92.1 Å². The molecule has 0 aliphatic carbocycles. The van der Waals surface area contributed by atoms with Gasteiger partial charge in [0.1, 0.15) is 11.2 Å². The average molecular weight is 846 g/mol. The summed E-state index contributed by atoms with van der Waals surface area (Å²) in [7, 11) is 0. The highest BCUT2D eigenvalue weighted by Gasteiger charge is 2.25. The second-order valence-electron chi connectivity index (χ2n) is 16.8. The van der Waals surface area contributed by atoms with E-state index in [9.17, 15) is 0 Å². The third kappa shape index (κ3) is 6.24. The number of para-hydroxylation sites is 2. The number of thiophene rings is 1. The van der Waals surface area contributed by atoms with Gasteiger partial charge in [0.05, 0.1) is 5.69 Å². The second kappa shape index (κ2) is 15.2. The van der Waals surface area contributed by atoms with Crippen molar-refractivity contribution in [1.82, 2.24) is 0 Å². The molecule has 0 saturated heterocycles. The van der Waals surface area contributed by atoms with Crippen molar-refractivity contribution in [2.75, 3.05) is 4.90 Å². The molecular formula is C62H39NOS. The Morgan fingerprint density at radius 2 is 0.862 bits per heavy atom. The van der Waals surface area contributed by atoms with Crippen LogP contribution in [-0.4, -0.2) is 0 Å². The van der Waals surface area contributed by atoms with Gasteiger partial charge in [0, 0.05) is 58.8 Å². The fraction of sp³-hybridized carbons (Fsp3) is 0. The summed E-state index contributed by atoms with van der Waals surface area (Å²) in [5.74, 6) is 0. The Hall–Kier alpha value is -8.24. The largest absolute Gasteiger partial charge is 0.455 e. The highest BCUT2D eigenvalue weighted by atomic mass is 32.1. The number of fused-ring (bicyclic) bond motifs is 9. The van der Waals surface area contributed by atoms with Gasteiger partial charge in [-0.1, -0.05) is 194 Å². The Bertz CT molecular complexity index is 3940. The van der Waals surface area contributed by atoms with E-state index in [1.807, 2.05) is 17.4 Å². The molecule has 0 bridgehead atoms. The number of rotatable bonds is 7. The zero-order valence-corrected chi connectivity index (χ0v) is 36.1. The fourth-order valence-corrected chi connectivity index (χ4v) is 11.2. The minimum absolute atomic E-state index is 0.893. The Balaban J connectivity index is 1.05. The van der Waals surface area contributed by atoms with Crippen LogP contribution >= 0.6 is 11.3 Å². The highest BCUT2D eigenvalue weighted by molar-refractivity contribution is 7.25. The summed E-state index contributed by atoms with van der Waals surface area (Å²) >= 11 is 1.86. The molecule has 0 aliphatic rings. The third-order valence-electron chi connectivity index (χ3n) is 13.1. The van der Waals surface area contributed by atoms with Crippen LogP contribution in [0.4, 0.5) is 17.1 Å². The summed E-state index contributed by atoms with van der Waals surface area (Å²) in [5.41, 5.74) is 14.3. The maximum atomic E-state index is 6.62. The van der Waals surface area contributed by atoms with Gasteiger partial charge >= 0.3 is 0 Å². The van der Waals surface area contributed by atoms with E-state index in [2.05, 4.69) is 235 Å². The predicted molar refractivity (Wildman–Crippen MR) is 278 cm³/mol. The normalized spacial score (nSPS) is 11.7. The van der Waals surface area contributed by atoms with Crippen molar-refractivity contribution in [3.05, 3.63) is 237 Å². The molecule has 2 aromatic heterocycles. The summed E-state index contributed by atoms with van der Waals surface area (Å²) in [6, 6.07) is 86.1. The highest BCUT2D eigenvalue weighted by Crippen LogP contribution is 2.50. The molecule has 13 rings (SSSR count). The molecule has 0 spiro atoms. The van der Waals surface area contributed by atoms with Gasteiger partial charge in [0.25, 0.3) is 0 Å². The first-order chi connectivity index (χ1) is 32.2. The molecule has 0 unspecified atom stereocenters. The van der Waals surface area contributed by atoms with E-state index in [1.165, 1.54) is 69.5 Å². The molecule has 0 amide bonds. The molecule has 0 aliphatic heterocycles. The molecule has 3 heteroatoms. The quantitative estimate of drug-likeness (QED) is 0.149. The number of hydrogen-bond acceptors (Lipinski definition) is 3. The Morgan fingerprint density at radius 1 is 0.308 bits per heavy atom. The first kappa shape index (κ1) is 37.3. The molecule has 65 heavy (non-hydrogen) atoms. The van der Waals surface area contributed by atoms with Gasteiger partial charge in [-0.05, 0) is 92.0 Å². The van der Waals surface area contributed by atoms with Crippen LogP contribution < -0.4 is 4.90 Å². The first-order valence-electron chi connectivity index (χ1n) is 22.2. The molecule has 0 saturated carbocycles. The maximum Gasteiger partial charge on any atom is 0.143 e. The fourth-order valence-electron chi connectivity index (χ4n) is 10.0. The number of furan rings is 1. The van der Waals surface area contributed by atoms with E-state index in [4.69, 9.17) is 4.42 Å². The summed E-state index contributed by atoms with van der Waals surface area (Å²) in [6.07, 6.45) is 0. The van der Waals surface area contributed by atoms with Crippen LogP contribution in [0.15, 0.2) is 241 Å². The molecule has 0 atom stereocenters. The van der Waals surface area contributed by atoms with Crippen LogP contribution in [0.5, 0.6) is 0 Å². The van der Waals surface area contributed by atoms with Crippen molar-refractivity contribution < 1.29 is 4.42 Å². The van der Waals surface area contributed by atoms with Gasteiger partial charge < -0.3 is 9.32 Å². The standard InChI is InChI=1S/C62H39NOS/c1-2-14-40(15-3-1)41-28-30-43(31-29-41)60-54-22-6-4-18-49(54)50-19-5-7-23-55(50)61(60)63(46-35-32-42(33-36-46)44-34-37-53-52-21-9-11-27-58(52)65-59(53)39-44)47-17-12-16-45(38-47)48-24-13-25-56-51-20-8-10-26-57(51)64-62(48)56/h1-39H. The van der Waals surface area contributed by atoms with Gasteiger partial charge in [-0.3, -0.25) is 0 Å². The zero-order valence-electron chi connectivity index (χ0n) is 35.3. The van der Waals surface area contributed by atoms with Crippen LogP contribution in [-0.2, 0) is 0 Å². The van der Waals surface area contributed by atoms with E-state index >= 15 is 0 Å². The summed E-state index contributed by atoms with van der Waals surface area (Å²) in [6.45, 7) is 0. The zero-order chi connectivity index (χ0) is 42.8. The van der Waals surface area contributed by atoms with Gasteiger partial charge in [-0.15, -0.1) is 11.3 Å². The van der Waals surface area contributed by atoms with E-state index < -0.39 is 0 Å². The number of hydrogen-bond donors (Lipinski definition) is 0. The molecule has 11 aromatic carbocycles. The molecule has 0 radical (unpaired) electrons. The molecule has 2 nitrogen and oxygen atoms in total. The van der Waals surface area contributed by atoms with E-state index in [0.29, 0.717) is 0 Å². The van der Waals surface area contributed by atoms with Crippen LogP contribution in [0.25, 0.3) is 108 Å². The average Bonchev–Trinajstić information content (AvgIpc) is 3.95. The lowest BCUT2D eigenvalue weighted by Crippen LogP contribution is -2.12. The third-order valence-corrected chi connectivity index (χ3v) is 14.2. The van der Waals surface area contributed by atoms with Gasteiger partial charge in [0.15, 0.2) is 0 Å². The minimum atomic E-state index is 0.893. The van der Waals surface area contributed by atoms with E-state index in [1.54, 1.807) is 0 Å². The van der Waals surface area contributed by atoms with Crippen molar-refractivity contribution in [3.8, 4) is 44.5 Å². The van der Waals surface area contributed by atoms with Gasteiger partial charge in [-0.2, -0.15) is 0 Å². The lowest BCUT2D eigenvalue weighted by Gasteiger charge is -2.31. The molecular weight excluding hydrogens is 807 g/mol. The molecule has 13 aromatic rings. The molecule has 2 heterocycles. The second-order valence-corrected chi connectivity index (χ2v) is 17.9. The Labute approximate surface area is 380 Å². The topological polar surface area (TPSA) is 16.4 Å². The van der Waals surface area contributed by atoms with Gasteiger partial charge in [-0.25, -0.2) is 0 Å². The van der Waals surface area contributed by atoms with Crippen LogP contribution in [0.2, 0.25) is 0 Å². The molecule has 304 valence electrons. The summed E-state index contributed by atoms with van der Waals surface area (Å²) in [5, 5.41) is 9.69. The van der Waals surface area contributed by atoms with Gasteiger partial charge in [0.2, 0.25) is 0 Å². The van der Waals surface area contributed by atoms with Crippen molar-refractivity contribution in [2.24, 2.45) is 0 Å². The van der Waals surface area contributed by atoms with E-state index in [0.717, 1.165) is 55.7 Å². The molecule has 0 N–H and O–H groups in total. The summed E-state index contributed by atoms with van der Waals surface area (Å²) < 4.78 is 9.24. The Kier molecular flexibility index (Phi) is 8.75. The monoisotopic (exact) mass is 845 g/mol. The lowest BCUT2D eigenvalue weighted by atomic mass is 9.89. The van der Waals surface area contributed by atoms with Crippen LogP contribution in [0.1, 0.15) is 0 Å². The Morgan fingerprint density at radius 3 is 1.68 bits per heavy atom. The van der Waals surface area contributed by atoms with Crippen LogP contribution in [0, 0.1) is 0 Å². The smallest absolute Gasteiger partial charge is 0.143 e. The van der Waals surface area contributed by atoms with Crippen LogP contribution in [0.3, 0.4) is 0 Å². The van der Waals surface area contributed by atoms with Crippen molar-refractivity contribution in [3.63, 3.8) is 0 Å². The SMILES string of the molecule is c1ccc(-c2ccc(-c3c(N(c4ccc(-c5ccc6c(c5)sc5ccccc56)cc4)c4cccc(-c5cccc6c5oc5ccccc56)c4)c4ccccc4c4ccccc34)cc2)cc1. The predicted octanol–water partition coefficient (Wildman–Crippen LogP) is 18.4. The lowest BCUT2D eigenvalue weighted by molar-refractivity contribution is 0.670. The van der Waals surface area contributed by atoms with Crippen molar-refractivity contribution in [1.29, 1.82) is 0 Å². The number of anilines is 3. The number of nitrogens with zero attached hydrogens (tertiary/aromatic N) is 1. The molecule has 0 fully saturated rings.